The molecule has 1 aromatic carbocycles. The number of furan rings is 1. The Morgan fingerprint density at radius 2 is 1.80 bits per heavy atom. The van der Waals surface area contributed by atoms with E-state index in [1.807, 2.05) is 24.3 Å². The van der Waals surface area contributed by atoms with Gasteiger partial charge in [0.15, 0.2) is 0 Å². The summed E-state index contributed by atoms with van der Waals surface area (Å²) in [5.74, 6) is -0.0267. The second-order valence-corrected chi connectivity index (χ2v) is 2.71. The summed E-state index contributed by atoms with van der Waals surface area (Å²) in [4.78, 5) is 0. The third-order valence-electron chi connectivity index (χ3n) is 1.70. The average molecular weight is 204 g/mol. The zero-order chi connectivity index (χ0) is 10.5. The topological polar surface area (TPSA) is 72.3 Å². The standard InChI is InChI=1S/C8H6O2.C2H2N2O/c9-8-5-6-3-1-2-4-7(6)10-8;1-2-4-5-3-1/h1-5,9H;1-2H. The average Bonchev–Trinajstić information content (AvgIpc) is 2.87. The van der Waals surface area contributed by atoms with Crippen LogP contribution in [0.5, 0.6) is 5.95 Å². The van der Waals surface area contributed by atoms with E-state index in [0.717, 1.165) is 11.0 Å². The zero-order valence-corrected chi connectivity index (χ0v) is 7.70. The summed E-state index contributed by atoms with van der Waals surface area (Å²) >= 11 is 0. The van der Waals surface area contributed by atoms with Crippen LogP contribution >= 0.6 is 0 Å². The Morgan fingerprint density at radius 1 is 1.07 bits per heavy atom. The molecular formula is C10H8N2O3. The van der Waals surface area contributed by atoms with E-state index in [0.29, 0.717) is 0 Å². The normalized spacial score (nSPS) is 9.60. The van der Waals surface area contributed by atoms with Crippen LogP contribution in [0, 0.1) is 0 Å². The van der Waals surface area contributed by atoms with Crippen molar-refractivity contribution in [2.75, 3.05) is 0 Å². The summed E-state index contributed by atoms with van der Waals surface area (Å²) < 4.78 is 9.01. The smallest absolute Gasteiger partial charge is 0.282 e. The summed E-state index contributed by atoms with van der Waals surface area (Å²) in [5.41, 5.74) is 0.722. The number of aromatic hydroxyl groups is 1. The summed E-state index contributed by atoms with van der Waals surface area (Å²) in [5, 5.41) is 16.3. The van der Waals surface area contributed by atoms with Gasteiger partial charge in [-0.2, -0.15) is 0 Å². The van der Waals surface area contributed by atoms with Crippen molar-refractivity contribution in [3.63, 3.8) is 0 Å². The Kier molecular flexibility index (Phi) is 2.64. The first-order valence-electron chi connectivity index (χ1n) is 4.25. The Bertz CT molecular complexity index is 466. The molecule has 3 aromatic rings. The molecule has 5 nitrogen and oxygen atoms in total. The molecule has 0 radical (unpaired) electrons. The fourth-order valence-electron chi connectivity index (χ4n) is 1.10. The lowest BCUT2D eigenvalue weighted by Gasteiger charge is -1.81. The minimum Gasteiger partial charge on any atom is -0.481 e. The van der Waals surface area contributed by atoms with Crippen LogP contribution in [0.2, 0.25) is 0 Å². The molecule has 0 bridgehead atoms. The maximum atomic E-state index is 8.89. The first-order chi connectivity index (χ1) is 7.36. The molecule has 0 fully saturated rings. The van der Waals surface area contributed by atoms with Crippen LogP contribution < -0.4 is 0 Å². The van der Waals surface area contributed by atoms with Gasteiger partial charge in [0.05, 0.1) is 12.4 Å². The quantitative estimate of drug-likeness (QED) is 0.607. The van der Waals surface area contributed by atoms with Crippen LogP contribution in [0.3, 0.4) is 0 Å². The third kappa shape index (κ3) is 2.34. The molecular weight excluding hydrogens is 196 g/mol. The predicted molar refractivity (Wildman–Crippen MR) is 52.2 cm³/mol. The molecule has 3 rings (SSSR count). The number of rotatable bonds is 0. The van der Waals surface area contributed by atoms with Crippen LogP contribution in [-0.4, -0.2) is 15.4 Å². The monoisotopic (exact) mass is 204 g/mol. The van der Waals surface area contributed by atoms with Crippen molar-refractivity contribution >= 4 is 11.0 Å². The van der Waals surface area contributed by atoms with Crippen molar-refractivity contribution in [1.29, 1.82) is 0 Å². The van der Waals surface area contributed by atoms with E-state index in [-0.39, 0.29) is 5.95 Å². The number of nitrogens with zero attached hydrogens (tertiary/aromatic N) is 2. The second kappa shape index (κ2) is 4.28. The maximum Gasteiger partial charge on any atom is 0.282 e. The fraction of sp³-hybridized carbons (Fsp3) is 0. The van der Waals surface area contributed by atoms with Gasteiger partial charge in [0.1, 0.15) is 5.58 Å². The van der Waals surface area contributed by atoms with Gasteiger partial charge < -0.3 is 9.52 Å². The van der Waals surface area contributed by atoms with Crippen LogP contribution in [-0.2, 0) is 0 Å². The summed E-state index contributed by atoms with van der Waals surface area (Å²) in [7, 11) is 0. The van der Waals surface area contributed by atoms with Gasteiger partial charge in [-0.3, -0.25) is 0 Å². The molecule has 0 spiro atoms. The number of aromatic nitrogens is 2. The zero-order valence-electron chi connectivity index (χ0n) is 7.70. The minimum atomic E-state index is -0.0267. The molecule has 2 aromatic heterocycles. The van der Waals surface area contributed by atoms with Crippen LogP contribution in [0.15, 0.2) is 51.8 Å². The molecule has 15 heavy (non-hydrogen) atoms. The van der Waals surface area contributed by atoms with Crippen molar-refractivity contribution in [1.82, 2.24) is 10.3 Å². The van der Waals surface area contributed by atoms with E-state index in [1.165, 1.54) is 12.4 Å². The van der Waals surface area contributed by atoms with E-state index in [9.17, 15) is 0 Å². The van der Waals surface area contributed by atoms with Gasteiger partial charge in [-0.05, 0) is 6.07 Å². The lowest BCUT2D eigenvalue weighted by Crippen LogP contribution is -1.57. The predicted octanol–water partition coefficient (Wildman–Crippen LogP) is 2.21. The van der Waals surface area contributed by atoms with E-state index in [4.69, 9.17) is 9.52 Å². The molecule has 0 saturated carbocycles. The highest BCUT2D eigenvalue weighted by atomic mass is 16.6. The first-order valence-corrected chi connectivity index (χ1v) is 4.25. The summed E-state index contributed by atoms with van der Waals surface area (Å²) in [6.07, 6.45) is 2.94. The summed E-state index contributed by atoms with van der Waals surface area (Å²) in [6, 6.07) is 9.06. The van der Waals surface area contributed by atoms with Crippen LogP contribution in [0.25, 0.3) is 11.0 Å². The molecule has 76 valence electrons. The molecule has 0 atom stereocenters. The SMILES string of the molecule is Oc1cc2ccccc2o1.c1cnon1. The largest absolute Gasteiger partial charge is 0.481 e. The van der Waals surface area contributed by atoms with Gasteiger partial charge in [-0.15, -0.1) is 0 Å². The van der Waals surface area contributed by atoms with E-state index in [1.54, 1.807) is 6.07 Å². The van der Waals surface area contributed by atoms with Crippen LogP contribution in [0.4, 0.5) is 0 Å². The molecule has 0 unspecified atom stereocenters. The Balaban J connectivity index is 0.000000144. The molecule has 0 aliphatic rings. The Labute approximate surface area is 84.9 Å². The molecule has 2 heterocycles. The van der Waals surface area contributed by atoms with Gasteiger partial charge in [-0.25, -0.2) is 4.63 Å². The molecule has 1 N–H and O–H groups in total. The van der Waals surface area contributed by atoms with Crippen molar-refractivity contribution in [3.8, 4) is 5.95 Å². The Morgan fingerprint density at radius 3 is 2.40 bits per heavy atom. The lowest BCUT2D eigenvalue weighted by atomic mass is 10.3. The lowest BCUT2D eigenvalue weighted by molar-refractivity contribution is 0.307. The number of fused-ring (bicyclic) bond motifs is 1. The fourth-order valence-corrected chi connectivity index (χ4v) is 1.10. The summed E-state index contributed by atoms with van der Waals surface area (Å²) in [6.45, 7) is 0. The van der Waals surface area contributed by atoms with E-state index in [2.05, 4.69) is 14.9 Å². The number of para-hydroxylation sites is 1. The highest BCUT2D eigenvalue weighted by Crippen LogP contribution is 2.22. The highest BCUT2D eigenvalue weighted by Gasteiger charge is 1.97. The van der Waals surface area contributed by atoms with E-state index >= 15 is 0 Å². The molecule has 0 aliphatic heterocycles. The number of hydrogen-bond acceptors (Lipinski definition) is 5. The van der Waals surface area contributed by atoms with Gasteiger partial charge >= 0.3 is 0 Å². The molecule has 0 aliphatic carbocycles. The molecule has 0 amide bonds. The van der Waals surface area contributed by atoms with Crippen LogP contribution in [0.1, 0.15) is 0 Å². The maximum absolute atomic E-state index is 8.89. The minimum absolute atomic E-state index is 0.0267. The highest BCUT2D eigenvalue weighted by molar-refractivity contribution is 5.78. The Hall–Kier alpha value is -2.30. The first kappa shape index (κ1) is 9.26. The van der Waals surface area contributed by atoms with Crippen molar-refractivity contribution in [2.45, 2.75) is 0 Å². The molecule has 0 saturated heterocycles. The van der Waals surface area contributed by atoms with Crippen molar-refractivity contribution in [2.24, 2.45) is 0 Å². The third-order valence-corrected chi connectivity index (χ3v) is 1.70. The van der Waals surface area contributed by atoms with Gasteiger partial charge in [0.2, 0.25) is 0 Å². The molecule has 5 heteroatoms. The van der Waals surface area contributed by atoms with Crippen molar-refractivity contribution < 1.29 is 14.2 Å². The number of hydrogen-bond donors (Lipinski definition) is 1. The van der Waals surface area contributed by atoms with Gasteiger partial charge in [0.25, 0.3) is 5.95 Å². The van der Waals surface area contributed by atoms with Gasteiger partial charge in [0, 0.05) is 11.5 Å². The van der Waals surface area contributed by atoms with Crippen molar-refractivity contribution in [3.05, 3.63) is 42.7 Å². The van der Waals surface area contributed by atoms with E-state index < -0.39 is 0 Å². The second-order valence-electron chi connectivity index (χ2n) is 2.71. The number of benzene rings is 1. The van der Waals surface area contributed by atoms with Gasteiger partial charge in [-0.1, -0.05) is 28.5 Å².